The van der Waals surface area contributed by atoms with Gasteiger partial charge in [0.2, 0.25) is 0 Å². The van der Waals surface area contributed by atoms with Crippen molar-refractivity contribution in [2.24, 2.45) is 0 Å². The van der Waals surface area contributed by atoms with E-state index in [4.69, 9.17) is 11.6 Å². The molecule has 2 aromatic carbocycles. The summed E-state index contributed by atoms with van der Waals surface area (Å²) < 4.78 is 13.4. The largest absolute Gasteiger partial charge is 0.385 e. The first-order valence-corrected chi connectivity index (χ1v) is 6.63. The van der Waals surface area contributed by atoms with Gasteiger partial charge in [0.25, 0.3) is 5.69 Å². The number of non-ortho nitro benzene ring substituents is 1. The van der Waals surface area contributed by atoms with Gasteiger partial charge in [-0.3, -0.25) is 10.1 Å². The highest BCUT2D eigenvalue weighted by molar-refractivity contribution is 6.30. The molecule has 2 N–H and O–H groups in total. The van der Waals surface area contributed by atoms with Gasteiger partial charge in [-0.2, -0.15) is 0 Å². The van der Waals surface area contributed by atoms with Crippen molar-refractivity contribution in [2.75, 3.05) is 17.2 Å². The fourth-order valence-corrected chi connectivity index (χ4v) is 1.95. The molecule has 0 spiro atoms. The average Bonchev–Trinajstić information content (AvgIpc) is 2.43. The summed E-state index contributed by atoms with van der Waals surface area (Å²) in [6.07, 6.45) is 0. The molecule has 0 saturated heterocycles. The number of hydrogen-bond acceptors (Lipinski definition) is 4. The number of nitro groups is 1. The lowest BCUT2D eigenvalue weighted by Gasteiger charge is -2.10. The quantitative estimate of drug-likeness (QED) is 0.627. The highest BCUT2D eigenvalue weighted by Crippen LogP contribution is 2.28. The lowest BCUT2D eigenvalue weighted by molar-refractivity contribution is -0.384. The molecule has 0 atom stereocenters. The Hall–Kier alpha value is -2.34. The Balaban J connectivity index is 2.33. The number of nitro benzene ring substituents is 1. The topological polar surface area (TPSA) is 67.2 Å². The molecule has 0 aromatic heterocycles. The molecule has 0 saturated carbocycles. The van der Waals surface area contributed by atoms with E-state index in [2.05, 4.69) is 10.6 Å². The summed E-state index contributed by atoms with van der Waals surface area (Å²) in [6, 6.07) is 8.78. The smallest absolute Gasteiger partial charge is 0.273 e. The van der Waals surface area contributed by atoms with Crippen molar-refractivity contribution in [3.8, 4) is 0 Å². The summed E-state index contributed by atoms with van der Waals surface area (Å²) >= 11 is 5.61. The predicted octanol–water partition coefficient (Wildman–Crippen LogP) is 4.56. The number of hydrogen-bond donors (Lipinski definition) is 2. The Morgan fingerprint density at radius 3 is 2.52 bits per heavy atom. The molecular formula is C14H13ClFN3O2. The minimum Gasteiger partial charge on any atom is -0.385 e. The van der Waals surface area contributed by atoms with E-state index < -0.39 is 10.7 Å². The molecule has 0 amide bonds. The van der Waals surface area contributed by atoms with Crippen LogP contribution in [0.2, 0.25) is 5.02 Å². The highest BCUT2D eigenvalue weighted by Gasteiger charge is 2.10. The minimum atomic E-state index is -0.556. The van der Waals surface area contributed by atoms with E-state index in [1.807, 2.05) is 6.92 Å². The van der Waals surface area contributed by atoms with Crippen LogP contribution in [0, 0.1) is 15.9 Å². The number of nitrogens with zero attached hydrogens (tertiary/aromatic N) is 1. The minimum absolute atomic E-state index is 0.0212. The van der Waals surface area contributed by atoms with Crippen LogP contribution in [0.15, 0.2) is 36.4 Å². The van der Waals surface area contributed by atoms with Gasteiger partial charge in [-0.15, -0.1) is 0 Å². The molecule has 0 fully saturated rings. The first kappa shape index (κ1) is 15.1. The predicted molar refractivity (Wildman–Crippen MR) is 82.0 cm³/mol. The standard InChI is InChI=1S/C14H13ClFN3O2/c1-2-17-10-5-11(7-12(6-10)19(20)21)18-9-3-4-13(15)14(16)8-9/h3-8,17-18H,2H2,1H3. The zero-order chi connectivity index (χ0) is 15.4. The second-order valence-electron chi connectivity index (χ2n) is 4.31. The number of rotatable bonds is 5. The van der Waals surface area contributed by atoms with Crippen LogP contribution in [0.4, 0.5) is 27.1 Å². The van der Waals surface area contributed by atoms with Gasteiger partial charge >= 0.3 is 0 Å². The van der Waals surface area contributed by atoms with Crippen LogP contribution >= 0.6 is 11.6 Å². The normalized spacial score (nSPS) is 10.2. The van der Waals surface area contributed by atoms with Crippen LogP contribution in [0.3, 0.4) is 0 Å². The van der Waals surface area contributed by atoms with Gasteiger partial charge in [0.15, 0.2) is 0 Å². The Kier molecular flexibility index (Phi) is 4.59. The third-order valence-electron chi connectivity index (χ3n) is 2.72. The van der Waals surface area contributed by atoms with Crippen LogP contribution in [0.5, 0.6) is 0 Å². The Morgan fingerprint density at radius 1 is 1.19 bits per heavy atom. The lowest BCUT2D eigenvalue weighted by Crippen LogP contribution is -2.00. The van der Waals surface area contributed by atoms with E-state index >= 15 is 0 Å². The van der Waals surface area contributed by atoms with E-state index in [1.54, 1.807) is 12.1 Å². The zero-order valence-corrected chi connectivity index (χ0v) is 11.9. The first-order chi connectivity index (χ1) is 9.99. The average molecular weight is 310 g/mol. The molecule has 0 bridgehead atoms. The Labute approximate surface area is 125 Å². The van der Waals surface area contributed by atoms with Crippen molar-refractivity contribution < 1.29 is 9.31 Å². The second-order valence-corrected chi connectivity index (χ2v) is 4.72. The van der Waals surface area contributed by atoms with Gasteiger partial charge in [0.1, 0.15) is 5.82 Å². The van der Waals surface area contributed by atoms with Crippen molar-refractivity contribution in [2.45, 2.75) is 6.92 Å². The summed E-state index contributed by atoms with van der Waals surface area (Å²) in [6.45, 7) is 2.52. The summed E-state index contributed by atoms with van der Waals surface area (Å²) in [5.74, 6) is -0.556. The third-order valence-corrected chi connectivity index (χ3v) is 3.02. The molecule has 7 heteroatoms. The molecule has 2 rings (SSSR count). The number of nitrogens with one attached hydrogen (secondary N) is 2. The fourth-order valence-electron chi connectivity index (χ4n) is 1.84. The molecular weight excluding hydrogens is 297 g/mol. The molecule has 0 heterocycles. The van der Waals surface area contributed by atoms with E-state index in [0.29, 0.717) is 23.6 Å². The van der Waals surface area contributed by atoms with E-state index in [9.17, 15) is 14.5 Å². The van der Waals surface area contributed by atoms with Gasteiger partial charge in [-0.05, 0) is 31.2 Å². The zero-order valence-electron chi connectivity index (χ0n) is 11.2. The van der Waals surface area contributed by atoms with Crippen LogP contribution in [-0.2, 0) is 0 Å². The van der Waals surface area contributed by atoms with Crippen molar-refractivity contribution >= 4 is 34.4 Å². The van der Waals surface area contributed by atoms with Crippen LogP contribution < -0.4 is 10.6 Å². The summed E-state index contributed by atoms with van der Waals surface area (Å²) in [4.78, 5) is 10.5. The monoisotopic (exact) mass is 309 g/mol. The maximum atomic E-state index is 13.4. The Morgan fingerprint density at radius 2 is 1.90 bits per heavy atom. The van der Waals surface area contributed by atoms with Crippen LogP contribution in [-0.4, -0.2) is 11.5 Å². The summed E-state index contributed by atoms with van der Waals surface area (Å²) in [5, 5.41) is 16.9. The SMILES string of the molecule is CCNc1cc(Nc2ccc(Cl)c(F)c2)cc([N+](=O)[O-])c1. The van der Waals surface area contributed by atoms with Gasteiger partial charge in [0, 0.05) is 35.7 Å². The number of anilines is 3. The summed E-state index contributed by atoms with van der Waals surface area (Å²) in [5.41, 5.74) is 1.51. The molecule has 0 aliphatic rings. The fraction of sp³-hybridized carbons (Fsp3) is 0.143. The maximum absolute atomic E-state index is 13.4. The molecule has 0 aliphatic carbocycles. The molecule has 21 heavy (non-hydrogen) atoms. The summed E-state index contributed by atoms with van der Waals surface area (Å²) in [7, 11) is 0. The van der Waals surface area contributed by atoms with Crippen molar-refractivity contribution in [1.29, 1.82) is 0 Å². The molecule has 0 aliphatic heterocycles. The second kappa shape index (κ2) is 6.41. The molecule has 110 valence electrons. The number of benzene rings is 2. The third kappa shape index (κ3) is 3.82. The molecule has 2 aromatic rings. The molecule has 0 unspecified atom stereocenters. The lowest BCUT2D eigenvalue weighted by atomic mass is 10.2. The molecule has 5 nitrogen and oxygen atoms in total. The van der Waals surface area contributed by atoms with Gasteiger partial charge in [-0.1, -0.05) is 11.6 Å². The molecule has 0 radical (unpaired) electrons. The van der Waals surface area contributed by atoms with E-state index in [1.165, 1.54) is 24.3 Å². The van der Waals surface area contributed by atoms with Crippen LogP contribution in [0.1, 0.15) is 6.92 Å². The Bertz CT molecular complexity index is 679. The number of halogens is 2. The van der Waals surface area contributed by atoms with E-state index in [-0.39, 0.29) is 10.7 Å². The van der Waals surface area contributed by atoms with Gasteiger partial charge in [-0.25, -0.2) is 4.39 Å². The first-order valence-electron chi connectivity index (χ1n) is 6.25. The van der Waals surface area contributed by atoms with Crippen molar-refractivity contribution in [3.63, 3.8) is 0 Å². The van der Waals surface area contributed by atoms with Gasteiger partial charge in [0.05, 0.1) is 9.95 Å². The van der Waals surface area contributed by atoms with Crippen LogP contribution in [0.25, 0.3) is 0 Å². The van der Waals surface area contributed by atoms with E-state index in [0.717, 1.165) is 0 Å². The van der Waals surface area contributed by atoms with Crippen molar-refractivity contribution in [1.82, 2.24) is 0 Å². The van der Waals surface area contributed by atoms with Crippen molar-refractivity contribution in [3.05, 3.63) is 57.4 Å². The van der Waals surface area contributed by atoms with Gasteiger partial charge < -0.3 is 10.6 Å². The highest BCUT2D eigenvalue weighted by atomic mass is 35.5. The maximum Gasteiger partial charge on any atom is 0.273 e.